The fourth-order valence-electron chi connectivity index (χ4n) is 3.27. The van der Waals surface area contributed by atoms with Gasteiger partial charge >= 0.3 is 0 Å². The van der Waals surface area contributed by atoms with E-state index in [0.29, 0.717) is 18.0 Å². The maximum absolute atomic E-state index is 12.7. The minimum Gasteiger partial charge on any atom is -0.349 e. The van der Waals surface area contributed by atoms with Crippen molar-refractivity contribution in [3.63, 3.8) is 0 Å². The highest BCUT2D eigenvalue weighted by Crippen LogP contribution is 2.26. The lowest BCUT2D eigenvalue weighted by molar-refractivity contribution is 0.0930. The average molecular weight is 435 g/mol. The van der Waals surface area contributed by atoms with Crippen LogP contribution in [-0.2, 0) is 0 Å². The van der Waals surface area contributed by atoms with Gasteiger partial charge in [0.15, 0.2) is 0 Å². The zero-order valence-corrected chi connectivity index (χ0v) is 16.6. The summed E-state index contributed by atoms with van der Waals surface area (Å²) in [5.74, 6) is 0.365. The lowest BCUT2D eigenvalue weighted by Gasteiger charge is -2.20. The molecule has 0 spiro atoms. The molecule has 132 valence electrons. The molecule has 24 heavy (non-hydrogen) atoms. The fourth-order valence-corrected chi connectivity index (χ4v) is 3.63. The summed E-state index contributed by atoms with van der Waals surface area (Å²) in [6.45, 7) is 2.54. The van der Waals surface area contributed by atoms with Gasteiger partial charge in [0.05, 0.1) is 11.1 Å². The first-order valence-corrected chi connectivity index (χ1v) is 8.45. The van der Waals surface area contributed by atoms with Gasteiger partial charge in [-0.1, -0.05) is 22.4 Å². The van der Waals surface area contributed by atoms with Crippen LogP contribution in [0.5, 0.6) is 0 Å². The molecule has 1 aromatic heterocycles. The SMILES string of the molecule is Cc1cc(C(=O)NC2CCCC2CN)c2cc(Br)ccc2n1.Cl.Cl. The molecule has 1 aliphatic rings. The van der Waals surface area contributed by atoms with Crippen molar-refractivity contribution in [2.75, 3.05) is 6.54 Å². The first-order chi connectivity index (χ1) is 10.6. The first kappa shape index (κ1) is 21.2. The Kier molecular flexibility index (Phi) is 7.93. The number of nitrogens with two attached hydrogens (primary N) is 1. The van der Waals surface area contributed by atoms with E-state index in [1.165, 1.54) is 0 Å². The molecule has 2 aromatic rings. The predicted molar refractivity (Wildman–Crippen MR) is 106 cm³/mol. The number of hydrogen-bond acceptors (Lipinski definition) is 3. The van der Waals surface area contributed by atoms with Crippen molar-refractivity contribution in [3.05, 3.63) is 40.0 Å². The van der Waals surface area contributed by atoms with Gasteiger partial charge in [0.2, 0.25) is 0 Å². The minimum absolute atomic E-state index is 0. The number of aryl methyl sites for hydroxylation is 1. The van der Waals surface area contributed by atoms with E-state index < -0.39 is 0 Å². The van der Waals surface area contributed by atoms with Crippen molar-refractivity contribution < 1.29 is 4.79 Å². The largest absolute Gasteiger partial charge is 0.349 e. The van der Waals surface area contributed by atoms with Crippen molar-refractivity contribution in [3.8, 4) is 0 Å². The van der Waals surface area contributed by atoms with Crippen LogP contribution in [0, 0.1) is 12.8 Å². The second kappa shape index (κ2) is 8.99. The van der Waals surface area contributed by atoms with Crippen LogP contribution in [0.25, 0.3) is 10.9 Å². The zero-order chi connectivity index (χ0) is 15.7. The van der Waals surface area contributed by atoms with Gasteiger partial charge in [-0.3, -0.25) is 9.78 Å². The third-order valence-electron chi connectivity index (χ3n) is 4.42. The van der Waals surface area contributed by atoms with E-state index in [1.54, 1.807) is 0 Å². The van der Waals surface area contributed by atoms with Crippen molar-refractivity contribution >= 4 is 57.6 Å². The van der Waals surface area contributed by atoms with Gasteiger partial charge < -0.3 is 11.1 Å². The highest BCUT2D eigenvalue weighted by Gasteiger charge is 2.28. The number of halogens is 3. The second-order valence-electron chi connectivity index (χ2n) is 5.98. The van der Waals surface area contributed by atoms with Gasteiger partial charge in [0.1, 0.15) is 0 Å². The highest BCUT2D eigenvalue weighted by atomic mass is 79.9. The number of aromatic nitrogens is 1. The Bertz CT molecular complexity index is 726. The molecule has 1 aromatic carbocycles. The van der Waals surface area contributed by atoms with E-state index >= 15 is 0 Å². The summed E-state index contributed by atoms with van der Waals surface area (Å²) in [6.07, 6.45) is 3.25. The number of carbonyl (C=O) groups excluding carboxylic acids is 1. The number of nitrogens with zero attached hydrogens (tertiary/aromatic N) is 1. The number of nitrogens with one attached hydrogen (secondary N) is 1. The Balaban J connectivity index is 0.00000144. The van der Waals surface area contributed by atoms with Gasteiger partial charge in [-0.15, -0.1) is 24.8 Å². The van der Waals surface area contributed by atoms with Crippen LogP contribution in [0.1, 0.15) is 35.3 Å². The number of hydrogen-bond donors (Lipinski definition) is 2. The van der Waals surface area contributed by atoms with Gasteiger partial charge in [0, 0.05) is 21.6 Å². The molecule has 4 nitrogen and oxygen atoms in total. The molecular formula is C17H22BrCl2N3O. The fraction of sp³-hybridized carbons (Fsp3) is 0.412. The Hall–Kier alpha value is -0.880. The zero-order valence-electron chi connectivity index (χ0n) is 13.4. The molecule has 1 saturated carbocycles. The van der Waals surface area contributed by atoms with Gasteiger partial charge in [-0.25, -0.2) is 0 Å². The number of benzene rings is 1. The van der Waals surface area contributed by atoms with Gasteiger partial charge in [-0.05, 0) is 56.5 Å². The minimum atomic E-state index is -0.0288. The lowest BCUT2D eigenvalue weighted by Crippen LogP contribution is -2.40. The summed E-state index contributed by atoms with van der Waals surface area (Å²) in [4.78, 5) is 17.2. The van der Waals surface area contributed by atoms with Crippen LogP contribution >= 0.6 is 40.7 Å². The van der Waals surface area contributed by atoms with Gasteiger partial charge in [-0.2, -0.15) is 0 Å². The third-order valence-corrected chi connectivity index (χ3v) is 4.91. The highest BCUT2D eigenvalue weighted by molar-refractivity contribution is 9.10. The quantitative estimate of drug-likeness (QED) is 0.766. The molecule has 0 radical (unpaired) electrons. The molecule has 2 atom stereocenters. The molecule has 3 N–H and O–H groups in total. The standard InChI is InChI=1S/C17H20BrN3O.2ClH/c1-10-7-14(13-8-12(18)5-6-16(13)20-10)17(22)21-15-4-2-3-11(15)9-19;;/h5-8,11,15H,2-4,9,19H2,1H3,(H,21,22);2*1H. The molecular weight excluding hydrogens is 413 g/mol. The van der Waals surface area contributed by atoms with Crippen molar-refractivity contribution in [1.29, 1.82) is 0 Å². The number of pyridine rings is 1. The van der Waals surface area contributed by atoms with Crippen LogP contribution < -0.4 is 11.1 Å². The van der Waals surface area contributed by atoms with Crippen LogP contribution in [0.15, 0.2) is 28.7 Å². The predicted octanol–water partition coefficient (Wildman–Crippen LogP) is 4.01. The average Bonchev–Trinajstić information content (AvgIpc) is 2.94. The van der Waals surface area contributed by atoms with E-state index in [2.05, 4.69) is 26.2 Å². The summed E-state index contributed by atoms with van der Waals surface area (Å²) in [7, 11) is 0. The second-order valence-corrected chi connectivity index (χ2v) is 6.89. The van der Waals surface area contributed by atoms with E-state index in [1.807, 2.05) is 31.2 Å². The van der Waals surface area contributed by atoms with Crippen LogP contribution in [0.4, 0.5) is 0 Å². The first-order valence-electron chi connectivity index (χ1n) is 7.66. The van der Waals surface area contributed by atoms with Crippen molar-refractivity contribution in [1.82, 2.24) is 10.3 Å². The summed E-state index contributed by atoms with van der Waals surface area (Å²) in [5, 5.41) is 4.05. The smallest absolute Gasteiger partial charge is 0.252 e. The molecule has 2 unspecified atom stereocenters. The molecule has 1 aliphatic carbocycles. The molecule has 1 amide bonds. The Morgan fingerprint density at radius 2 is 2.08 bits per heavy atom. The summed E-state index contributed by atoms with van der Waals surface area (Å²) >= 11 is 3.47. The molecule has 3 rings (SSSR count). The molecule has 0 saturated heterocycles. The Labute approximate surface area is 162 Å². The Morgan fingerprint density at radius 1 is 1.33 bits per heavy atom. The van der Waals surface area contributed by atoms with Crippen molar-refractivity contribution in [2.24, 2.45) is 11.7 Å². The van der Waals surface area contributed by atoms with Crippen LogP contribution in [-0.4, -0.2) is 23.5 Å². The van der Waals surface area contributed by atoms with Crippen LogP contribution in [0.3, 0.4) is 0 Å². The Morgan fingerprint density at radius 3 is 2.79 bits per heavy atom. The molecule has 1 fully saturated rings. The molecule has 7 heteroatoms. The molecule has 0 aliphatic heterocycles. The van der Waals surface area contributed by atoms with E-state index in [-0.39, 0.29) is 36.8 Å². The maximum Gasteiger partial charge on any atom is 0.252 e. The summed E-state index contributed by atoms with van der Waals surface area (Å²) in [6, 6.07) is 7.87. The number of fused-ring (bicyclic) bond motifs is 1. The topological polar surface area (TPSA) is 68.0 Å². The van der Waals surface area contributed by atoms with Crippen molar-refractivity contribution in [2.45, 2.75) is 32.2 Å². The normalized spacial score (nSPS) is 19.5. The van der Waals surface area contributed by atoms with Gasteiger partial charge in [0.25, 0.3) is 5.91 Å². The third kappa shape index (κ3) is 4.39. The summed E-state index contributed by atoms with van der Waals surface area (Å²) < 4.78 is 0.945. The summed E-state index contributed by atoms with van der Waals surface area (Å²) in [5.41, 5.74) is 8.18. The maximum atomic E-state index is 12.7. The number of rotatable bonds is 3. The number of carbonyl (C=O) groups is 1. The monoisotopic (exact) mass is 433 g/mol. The van der Waals surface area contributed by atoms with E-state index in [9.17, 15) is 4.79 Å². The van der Waals surface area contributed by atoms with E-state index in [4.69, 9.17) is 5.73 Å². The molecule has 0 bridgehead atoms. The molecule has 1 heterocycles. The van der Waals surface area contributed by atoms with E-state index in [0.717, 1.165) is 40.3 Å². The van der Waals surface area contributed by atoms with Crippen LogP contribution in [0.2, 0.25) is 0 Å². The lowest BCUT2D eigenvalue weighted by atomic mass is 10.0. The number of amides is 1.